The predicted molar refractivity (Wildman–Crippen MR) is 40.7 cm³/mol. The van der Waals surface area contributed by atoms with Crippen molar-refractivity contribution < 1.29 is 18.9 Å². The Morgan fingerprint density at radius 3 is 2.80 bits per heavy atom. The molecule has 0 aliphatic rings. The van der Waals surface area contributed by atoms with E-state index in [1.807, 2.05) is 18.2 Å². The molecule has 44 valence electrons. The van der Waals surface area contributed by atoms with Gasteiger partial charge in [0, 0.05) is 0 Å². The molecule has 0 fully saturated rings. The Hall–Kier alpha value is -0.223. The van der Waals surface area contributed by atoms with Gasteiger partial charge in [-0.15, -0.1) is 22.2 Å². The summed E-state index contributed by atoms with van der Waals surface area (Å²) < 4.78 is 1.32. The van der Waals surface area contributed by atoms with E-state index in [1.54, 1.807) is 11.3 Å². The van der Waals surface area contributed by atoms with E-state index in [1.165, 1.54) is 10.1 Å². The molecule has 0 atom stereocenters. The number of hydrogen-bond donors (Lipinski definition) is 0. The fraction of sp³-hybridized carbons (Fsp3) is 0. The molecule has 0 radical (unpaired) electrons. The van der Waals surface area contributed by atoms with Crippen LogP contribution in [0.4, 0.5) is 0 Å². The van der Waals surface area contributed by atoms with Gasteiger partial charge in [0.25, 0.3) is 0 Å². The van der Waals surface area contributed by atoms with E-state index in [0.29, 0.717) is 0 Å². The molecular formula is C8H5LiS. The first-order chi connectivity index (χ1) is 4.47. The normalized spacial score (nSPS) is 9.20. The topological polar surface area (TPSA) is 0 Å². The molecule has 1 heterocycles. The molecule has 10 heavy (non-hydrogen) atoms. The van der Waals surface area contributed by atoms with Crippen LogP contribution in [0.15, 0.2) is 30.3 Å². The van der Waals surface area contributed by atoms with Gasteiger partial charge < -0.3 is 0 Å². The Kier molecular flexibility index (Phi) is 2.56. The van der Waals surface area contributed by atoms with E-state index < -0.39 is 0 Å². The van der Waals surface area contributed by atoms with Gasteiger partial charge in [-0.05, 0) is 0 Å². The smallest absolute Gasteiger partial charge is 0.296 e. The van der Waals surface area contributed by atoms with Crippen LogP contribution in [-0.4, -0.2) is 0 Å². The molecule has 1 aromatic carbocycles. The molecule has 0 spiro atoms. The van der Waals surface area contributed by atoms with Crippen LogP contribution in [0, 0.1) is 5.38 Å². The minimum absolute atomic E-state index is 0. The summed E-state index contributed by atoms with van der Waals surface area (Å²) in [6, 6.07) is 10.3. The summed E-state index contributed by atoms with van der Waals surface area (Å²) in [5, 5.41) is 4.37. The van der Waals surface area contributed by atoms with Gasteiger partial charge in [0.15, 0.2) is 0 Å². The van der Waals surface area contributed by atoms with E-state index in [-0.39, 0.29) is 18.9 Å². The molecular weight excluding hydrogens is 135 g/mol. The Morgan fingerprint density at radius 2 is 2.00 bits per heavy atom. The van der Waals surface area contributed by atoms with Crippen LogP contribution in [0.1, 0.15) is 0 Å². The minimum atomic E-state index is 0. The van der Waals surface area contributed by atoms with Gasteiger partial charge in [-0.25, -0.2) is 0 Å². The van der Waals surface area contributed by atoms with Gasteiger partial charge >= 0.3 is 18.9 Å². The van der Waals surface area contributed by atoms with Gasteiger partial charge in [-0.3, -0.25) is 11.3 Å². The van der Waals surface area contributed by atoms with Crippen molar-refractivity contribution in [3.05, 3.63) is 35.7 Å². The summed E-state index contributed by atoms with van der Waals surface area (Å²) in [4.78, 5) is 0. The van der Waals surface area contributed by atoms with Gasteiger partial charge in [0.05, 0.1) is 0 Å². The van der Waals surface area contributed by atoms with Crippen LogP contribution in [-0.2, 0) is 0 Å². The van der Waals surface area contributed by atoms with Crippen LogP contribution in [0.3, 0.4) is 0 Å². The van der Waals surface area contributed by atoms with Crippen molar-refractivity contribution in [2.45, 2.75) is 0 Å². The second-order valence-corrected chi connectivity index (χ2v) is 2.78. The molecule has 2 rings (SSSR count). The minimum Gasteiger partial charge on any atom is -0.296 e. The largest absolute Gasteiger partial charge is 1.00 e. The fourth-order valence-corrected chi connectivity index (χ4v) is 1.55. The number of hydrogen-bond acceptors (Lipinski definition) is 1. The predicted octanol–water partition coefficient (Wildman–Crippen LogP) is -0.295. The molecule has 0 aliphatic heterocycles. The zero-order valence-electron chi connectivity index (χ0n) is 5.79. The van der Waals surface area contributed by atoms with Crippen LogP contribution in [0.5, 0.6) is 0 Å². The zero-order chi connectivity index (χ0) is 6.10. The molecule has 2 heteroatoms. The molecule has 1 aromatic heterocycles. The van der Waals surface area contributed by atoms with Gasteiger partial charge in [0.2, 0.25) is 0 Å². The van der Waals surface area contributed by atoms with Crippen LogP contribution in [0.2, 0.25) is 0 Å². The molecule has 0 saturated heterocycles. The molecule has 0 saturated carbocycles. The van der Waals surface area contributed by atoms with Gasteiger partial charge in [-0.1, -0.05) is 12.1 Å². The molecule has 0 unspecified atom stereocenters. The maximum Gasteiger partial charge on any atom is 1.00 e. The molecule has 0 N–H and O–H groups in total. The second kappa shape index (κ2) is 3.25. The maximum atomic E-state index is 3.08. The maximum absolute atomic E-state index is 3.08. The molecule has 0 nitrogen and oxygen atoms in total. The molecule has 0 amide bonds. The first-order valence-corrected chi connectivity index (χ1v) is 3.63. The first kappa shape index (κ1) is 7.88. The van der Waals surface area contributed by atoms with E-state index in [9.17, 15) is 0 Å². The van der Waals surface area contributed by atoms with E-state index in [2.05, 4.69) is 17.5 Å². The van der Waals surface area contributed by atoms with Crippen molar-refractivity contribution in [1.29, 1.82) is 0 Å². The second-order valence-electron chi connectivity index (χ2n) is 1.90. The monoisotopic (exact) mass is 140 g/mol. The number of rotatable bonds is 0. The summed E-state index contributed by atoms with van der Waals surface area (Å²) in [5.74, 6) is 0. The zero-order valence-corrected chi connectivity index (χ0v) is 6.61. The summed E-state index contributed by atoms with van der Waals surface area (Å²) in [6.07, 6.45) is 0. The van der Waals surface area contributed by atoms with Crippen molar-refractivity contribution in [3.63, 3.8) is 0 Å². The average Bonchev–Trinajstić information content (AvgIpc) is 2.33. The fourth-order valence-electron chi connectivity index (χ4n) is 0.849. The molecule has 0 aliphatic carbocycles. The summed E-state index contributed by atoms with van der Waals surface area (Å²) >= 11 is 1.66. The Bertz CT molecular complexity index is 283. The summed E-state index contributed by atoms with van der Waals surface area (Å²) in [5.41, 5.74) is 0. The van der Waals surface area contributed by atoms with Gasteiger partial charge in [0.1, 0.15) is 0 Å². The van der Waals surface area contributed by atoms with Crippen molar-refractivity contribution in [3.8, 4) is 0 Å². The standard InChI is InChI=1S/C8H5S.Li/c1-2-4-8-7(3-1)5-6-9-8;/h1-5H;/q-1;+1. The number of benzene rings is 1. The molecule has 0 bridgehead atoms. The Balaban J connectivity index is 0.000000500. The Labute approximate surface area is 76.1 Å². The third-order valence-electron chi connectivity index (χ3n) is 1.30. The van der Waals surface area contributed by atoms with Crippen LogP contribution < -0.4 is 18.9 Å². The summed E-state index contributed by atoms with van der Waals surface area (Å²) in [7, 11) is 0. The SMILES string of the molecule is [Li+].[c-]1cc2ccccc2s1. The van der Waals surface area contributed by atoms with Gasteiger partial charge in [-0.2, -0.15) is 11.5 Å². The number of fused-ring (bicyclic) bond motifs is 1. The number of thiophene rings is 1. The summed E-state index contributed by atoms with van der Waals surface area (Å²) in [6.45, 7) is 0. The van der Waals surface area contributed by atoms with Crippen molar-refractivity contribution in [2.75, 3.05) is 0 Å². The van der Waals surface area contributed by atoms with Crippen molar-refractivity contribution >= 4 is 21.4 Å². The third kappa shape index (κ3) is 1.27. The first-order valence-electron chi connectivity index (χ1n) is 2.81. The average molecular weight is 140 g/mol. The van der Waals surface area contributed by atoms with E-state index in [4.69, 9.17) is 0 Å². The van der Waals surface area contributed by atoms with Crippen LogP contribution in [0.25, 0.3) is 10.1 Å². The Morgan fingerprint density at radius 1 is 1.20 bits per heavy atom. The van der Waals surface area contributed by atoms with Crippen molar-refractivity contribution in [1.82, 2.24) is 0 Å². The van der Waals surface area contributed by atoms with E-state index >= 15 is 0 Å². The van der Waals surface area contributed by atoms with E-state index in [0.717, 1.165) is 0 Å². The molecule has 2 aromatic rings. The third-order valence-corrected chi connectivity index (χ3v) is 2.13. The quantitative estimate of drug-likeness (QED) is 0.348. The van der Waals surface area contributed by atoms with Crippen molar-refractivity contribution in [2.24, 2.45) is 0 Å². The van der Waals surface area contributed by atoms with Crippen LogP contribution >= 0.6 is 11.3 Å².